The van der Waals surface area contributed by atoms with Gasteiger partial charge in [-0.05, 0) is 60.3 Å². The minimum atomic E-state index is 0.451. The molecule has 2 heterocycles. The van der Waals surface area contributed by atoms with E-state index < -0.39 is 0 Å². The Labute approximate surface area is 114 Å². The summed E-state index contributed by atoms with van der Waals surface area (Å²) in [5.74, 6) is 0. The van der Waals surface area contributed by atoms with Crippen LogP contribution < -0.4 is 5.32 Å². The third-order valence-corrected chi connectivity index (χ3v) is 3.94. The molecule has 2 aromatic heterocycles. The molecule has 98 valence electrons. The molecule has 0 aliphatic carbocycles. The first-order valence-electron chi connectivity index (χ1n) is 6.69. The summed E-state index contributed by atoms with van der Waals surface area (Å²) in [6.07, 6.45) is 6.75. The van der Waals surface area contributed by atoms with Gasteiger partial charge >= 0.3 is 0 Å². The molecule has 0 aliphatic heterocycles. The van der Waals surface area contributed by atoms with Crippen LogP contribution in [0.4, 0.5) is 0 Å². The summed E-state index contributed by atoms with van der Waals surface area (Å²) < 4.78 is 2.29. The van der Waals surface area contributed by atoms with Crippen LogP contribution in [-0.4, -0.2) is 11.1 Å². The van der Waals surface area contributed by atoms with Crippen molar-refractivity contribution in [2.75, 3.05) is 6.54 Å². The molecule has 1 atom stereocenters. The van der Waals surface area contributed by atoms with Gasteiger partial charge in [-0.3, -0.25) is 0 Å². The van der Waals surface area contributed by atoms with E-state index in [1.807, 2.05) is 0 Å². The van der Waals surface area contributed by atoms with E-state index in [4.69, 9.17) is 0 Å². The lowest BCUT2D eigenvalue weighted by Crippen LogP contribution is -2.18. The number of aryl methyl sites for hydroxylation is 2. The van der Waals surface area contributed by atoms with E-state index >= 15 is 0 Å². The van der Waals surface area contributed by atoms with E-state index in [1.165, 1.54) is 17.5 Å². The van der Waals surface area contributed by atoms with Crippen molar-refractivity contribution >= 4 is 11.3 Å². The number of hydrogen-bond donors (Lipinski definition) is 1. The summed E-state index contributed by atoms with van der Waals surface area (Å²) in [6.45, 7) is 6.58. The molecule has 2 aromatic rings. The number of hydrogen-bond acceptors (Lipinski definition) is 2. The van der Waals surface area contributed by atoms with Gasteiger partial charge in [0.05, 0.1) is 0 Å². The Bertz CT molecular complexity index is 445. The highest BCUT2D eigenvalue weighted by atomic mass is 32.1. The smallest absolute Gasteiger partial charge is 0.0306 e. The van der Waals surface area contributed by atoms with Crippen molar-refractivity contribution in [3.63, 3.8) is 0 Å². The van der Waals surface area contributed by atoms with Crippen molar-refractivity contribution in [1.29, 1.82) is 0 Å². The van der Waals surface area contributed by atoms with Gasteiger partial charge in [-0.25, -0.2) is 0 Å². The average Bonchev–Trinajstić information content (AvgIpc) is 3.04. The second-order valence-electron chi connectivity index (χ2n) is 4.74. The van der Waals surface area contributed by atoms with Crippen LogP contribution >= 0.6 is 11.3 Å². The summed E-state index contributed by atoms with van der Waals surface area (Å²) in [4.78, 5) is 0. The average molecular weight is 262 g/mol. The second kappa shape index (κ2) is 6.76. The predicted octanol–water partition coefficient (Wildman–Crippen LogP) is 3.85. The molecule has 0 bridgehead atoms. The molecular formula is C15H22N2S. The van der Waals surface area contributed by atoms with E-state index in [0.717, 1.165) is 19.5 Å². The fourth-order valence-corrected chi connectivity index (χ4v) is 2.73. The van der Waals surface area contributed by atoms with Crippen molar-refractivity contribution in [1.82, 2.24) is 9.88 Å². The van der Waals surface area contributed by atoms with E-state index in [9.17, 15) is 0 Å². The highest BCUT2D eigenvalue weighted by Crippen LogP contribution is 2.14. The molecule has 0 aliphatic rings. The fourth-order valence-electron chi connectivity index (χ4n) is 2.03. The maximum atomic E-state index is 3.52. The Kier molecular flexibility index (Phi) is 5.02. The third-order valence-electron chi connectivity index (χ3n) is 3.21. The Morgan fingerprint density at radius 3 is 3.00 bits per heavy atom. The largest absolute Gasteiger partial charge is 0.354 e. The zero-order valence-corrected chi connectivity index (χ0v) is 12.0. The first-order valence-corrected chi connectivity index (χ1v) is 7.64. The minimum Gasteiger partial charge on any atom is -0.354 e. The van der Waals surface area contributed by atoms with Crippen LogP contribution in [0, 0.1) is 0 Å². The van der Waals surface area contributed by atoms with Gasteiger partial charge in [0, 0.05) is 25.0 Å². The van der Waals surface area contributed by atoms with Crippen LogP contribution in [0.15, 0.2) is 35.3 Å². The first-order chi connectivity index (χ1) is 8.79. The van der Waals surface area contributed by atoms with Crippen molar-refractivity contribution < 1.29 is 0 Å². The SMILES string of the molecule is CCCNC(C)c1ccn(CCc2ccsc2)c1. The molecule has 0 amide bonds. The second-order valence-corrected chi connectivity index (χ2v) is 5.52. The monoisotopic (exact) mass is 262 g/mol. The van der Waals surface area contributed by atoms with Crippen molar-refractivity contribution in [3.05, 3.63) is 46.4 Å². The van der Waals surface area contributed by atoms with E-state index in [1.54, 1.807) is 11.3 Å². The maximum absolute atomic E-state index is 3.52. The Hall–Kier alpha value is -1.06. The maximum Gasteiger partial charge on any atom is 0.0306 e. The lowest BCUT2D eigenvalue weighted by molar-refractivity contribution is 0.568. The number of nitrogens with one attached hydrogen (secondary N) is 1. The van der Waals surface area contributed by atoms with E-state index in [2.05, 4.69) is 59.0 Å². The van der Waals surface area contributed by atoms with Crippen LogP contribution in [0.3, 0.4) is 0 Å². The topological polar surface area (TPSA) is 17.0 Å². The molecule has 0 aromatic carbocycles. The molecule has 0 saturated heterocycles. The molecule has 0 radical (unpaired) electrons. The summed E-state index contributed by atoms with van der Waals surface area (Å²) in [7, 11) is 0. The normalized spacial score (nSPS) is 12.8. The van der Waals surface area contributed by atoms with Crippen LogP contribution in [-0.2, 0) is 13.0 Å². The van der Waals surface area contributed by atoms with Crippen molar-refractivity contribution in [2.45, 2.75) is 39.3 Å². The van der Waals surface area contributed by atoms with Crippen LogP contribution in [0.1, 0.15) is 37.4 Å². The molecule has 3 heteroatoms. The summed E-state index contributed by atoms with van der Waals surface area (Å²) in [6, 6.07) is 4.88. The van der Waals surface area contributed by atoms with Crippen molar-refractivity contribution in [3.8, 4) is 0 Å². The molecular weight excluding hydrogens is 240 g/mol. The van der Waals surface area contributed by atoms with Crippen molar-refractivity contribution in [2.24, 2.45) is 0 Å². The summed E-state index contributed by atoms with van der Waals surface area (Å²) in [5.41, 5.74) is 2.82. The lowest BCUT2D eigenvalue weighted by Gasteiger charge is -2.11. The number of thiophene rings is 1. The Morgan fingerprint density at radius 2 is 2.28 bits per heavy atom. The molecule has 18 heavy (non-hydrogen) atoms. The fraction of sp³-hybridized carbons (Fsp3) is 0.467. The lowest BCUT2D eigenvalue weighted by atomic mass is 10.2. The van der Waals surface area contributed by atoms with Gasteiger partial charge in [-0.15, -0.1) is 0 Å². The molecule has 0 saturated carbocycles. The molecule has 0 fully saturated rings. The standard InChI is InChI=1S/C15H22N2S/c1-3-7-16-13(2)15-5-9-17(11-15)8-4-14-6-10-18-12-14/h5-6,9-13,16H,3-4,7-8H2,1-2H3. The number of rotatable bonds is 7. The molecule has 1 unspecified atom stereocenters. The summed E-state index contributed by atoms with van der Waals surface area (Å²) in [5, 5.41) is 7.90. The zero-order chi connectivity index (χ0) is 12.8. The van der Waals surface area contributed by atoms with E-state index in [-0.39, 0.29) is 0 Å². The van der Waals surface area contributed by atoms with Gasteiger partial charge < -0.3 is 9.88 Å². The van der Waals surface area contributed by atoms with Crippen LogP contribution in [0.2, 0.25) is 0 Å². The molecule has 2 rings (SSSR count). The molecule has 1 N–H and O–H groups in total. The van der Waals surface area contributed by atoms with Gasteiger partial charge in [-0.2, -0.15) is 11.3 Å². The number of aromatic nitrogens is 1. The molecule has 0 spiro atoms. The minimum absolute atomic E-state index is 0.451. The first kappa shape index (κ1) is 13.4. The third kappa shape index (κ3) is 3.72. The predicted molar refractivity (Wildman–Crippen MR) is 79.2 cm³/mol. The highest BCUT2D eigenvalue weighted by Gasteiger charge is 2.05. The van der Waals surface area contributed by atoms with E-state index in [0.29, 0.717) is 6.04 Å². The zero-order valence-electron chi connectivity index (χ0n) is 11.2. The van der Waals surface area contributed by atoms with Gasteiger partial charge in [0.2, 0.25) is 0 Å². The highest BCUT2D eigenvalue weighted by molar-refractivity contribution is 7.07. The van der Waals surface area contributed by atoms with Gasteiger partial charge in [0.15, 0.2) is 0 Å². The van der Waals surface area contributed by atoms with Crippen LogP contribution in [0.5, 0.6) is 0 Å². The number of nitrogens with zero attached hydrogens (tertiary/aromatic N) is 1. The Morgan fingerprint density at radius 1 is 1.39 bits per heavy atom. The molecule has 2 nitrogen and oxygen atoms in total. The summed E-state index contributed by atoms with van der Waals surface area (Å²) >= 11 is 1.77. The Balaban J connectivity index is 1.85. The van der Waals surface area contributed by atoms with Gasteiger partial charge in [0.1, 0.15) is 0 Å². The van der Waals surface area contributed by atoms with Gasteiger partial charge in [0.25, 0.3) is 0 Å². The van der Waals surface area contributed by atoms with Gasteiger partial charge in [-0.1, -0.05) is 6.92 Å². The quantitative estimate of drug-likeness (QED) is 0.802. The van der Waals surface area contributed by atoms with Crippen LogP contribution in [0.25, 0.3) is 0 Å².